The minimum atomic E-state index is 0.141. The molecular weight excluding hydrogens is 264 g/mol. The van der Waals surface area contributed by atoms with Crippen molar-refractivity contribution in [2.45, 2.75) is 0 Å². The van der Waals surface area contributed by atoms with E-state index in [2.05, 4.69) is 15.9 Å². The minimum Gasteiger partial charge on any atom is -0.496 e. The maximum Gasteiger partial charge on any atom is 0.188 e. The third-order valence-electron chi connectivity index (χ3n) is 1.74. The number of hydrogen-bond acceptors (Lipinski definition) is 4. The van der Waals surface area contributed by atoms with Crippen LogP contribution in [0.25, 0.3) is 0 Å². The molecule has 0 aromatic heterocycles. The molecule has 5 heteroatoms. The number of halogens is 1. The van der Waals surface area contributed by atoms with Gasteiger partial charge in [-0.05, 0) is 22.0 Å². The Kier molecular flexibility index (Phi) is 4.58. The average molecular weight is 275 g/mol. The van der Waals surface area contributed by atoms with Crippen molar-refractivity contribution in [3.63, 3.8) is 0 Å². The molecule has 0 N–H and O–H groups in total. The average Bonchev–Trinajstić information content (AvgIpc) is 2.27. The number of methoxy groups -OCH3 is 2. The fourth-order valence-corrected chi connectivity index (χ4v) is 1.53. The van der Waals surface area contributed by atoms with E-state index in [1.807, 2.05) is 0 Å². The fourth-order valence-electron chi connectivity index (χ4n) is 1.05. The highest BCUT2D eigenvalue weighted by molar-refractivity contribution is 9.10. The Hall–Kier alpha value is -1.07. The molecule has 0 fully saturated rings. The summed E-state index contributed by atoms with van der Waals surface area (Å²) in [5.74, 6) is 1.04. The van der Waals surface area contributed by atoms with Gasteiger partial charge in [0.1, 0.15) is 11.5 Å². The predicted molar refractivity (Wildman–Crippen MR) is 58.6 cm³/mol. The zero-order chi connectivity index (χ0) is 11.3. The molecule has 0 saturated carbocycles. The molecule has 0 saturated heterocycles. The largest absolute Gasteiger partial charge is 0.496 e. The second kappa shape index (κ2) is 5.72. The zero-order valence-corrected chi connectivity index (χ0v) is 10.0. The quantitative estimate of drug-likeness (QED) is 0.610. The van der Waals surface area contributed by atoms with Crippen molar-refractivity contribution >= 4 is 22.2 Å². The van der Waals surface area contributed by atoms with Crippen molar-refractivity contribution in [3.05, 3.63) is 22.2 Å². The van der Waals surface area contributed by atoms with Gasteiger partial charge in [-0.3, -0.25) is 4.79 Å². The summed E-state index contributed by atoms with van der Waals surface area (Å²) in [5, 5.41) is 0. The van der Waals surface area contributed by atoms with Crippen LogP contribution in [0, 0.1) is 0 Å². The second-order valence-electron chi connectivity index (χ2n) is 2.69. The van der Waals surface area contributed by atoms with Crippen molar-refractivity contribution in [3.8, 4) is 11.5 Å². The maximum atomic E-state index is 10.7. The maximum absolute atomic E-state index is 10.7. The Bertz CT molecular complexity index is 352. The van der Waals surface area contributed by atoms with Gasteiger partial charge >= 0.3 is 0 Å². The van der Waals surface area contributed by atoms with E-state index in [0.717, 1.165) is 6.29 Å². The lowest BCUT2D eigenvalue weighted by molar-refractivity contribution is 0.0504. The first-order chi connectivity index (χ1) is 7.22. The number of rotatable bonds is 5. The number of carbonyl (C=O) groups excluding carboxylic acids is 1. The fraction of sp³-hybridized carbons (Fsp3) is 0.300. The Morgan fingerprint density at radius 1 is 1.33 bits per heavy atom. The van der Waals surface area contributed by atoms with E-state index in [1.54, 1.807) is 12.1 Å². The minimum absolute atomic E-state index is 0.141. The van der Waals surface area contributed by atoms with Gasteiger partial charge in [-0.25, -0.2) is 0 Å². The highest BCUT2D eigenvalue weighted by Crippen LogP contribution is 2.32. The number of aldehydes is 1. The molecule has 82 valence electrons. The van der Waals surface area contributed by atoms with Crippen molar-refractivity contribution < 1.29 is 19.0 Å². The van der Waals surface area contributed by atoms with Gasteiger partial charge < -0.3 is 14.2 Å². The lowest BCUT2D eigenvalue weighted by atomic mass is 10.2. The lowest BCUT2D eigenvalue weighted by Gasteiger charge is -2.10. The summed E-state index contributed by atoms with van der Waals surface area (Å²) in [6, 6.07) is 3.27. The zero-order valence-electron chi connectivity index (χ0n) is 8.45. The molecule has 0 heterocycles. The van der Waals surface area contributed by atoms with Gasteiger partial charge in [-0.1, -0.05) is 0 Å². The molecule has 4 nitrogen and oxygen atoms in total. The summed E-state index contributed by atoms with van der Waals surface area (Å²) >= 11 is 3.29. The Balaban J connectivity index is 3.02. The molecule has 15 heavy (non-hydrogen) atoms. The molecule has 0 atom stereocenters. The Morgan fingerprint density at radius 3 is 2.60 bits per heavy atom. The van der Waals surface area contributed by atoms with Crippen LogP contribution in [-0.2, 0) is 4.74 Å². The molecule has 0 aliphatic heterocycles. The second-order valence-corrected chi connectivity index (χ2v) is 3.55. The van der Waals surface area contributed by atoms with Crippen LogP contribution in [0.2, 0.25) is 0 Å². The van der Waals surface area contributed by atoms with Gasteiger partial charge in [0.2, 0.25) is 0 Å². The topological polar surface area (TPSA) is 44.8 Å². The molecule has 0 radical (unpaired) electrons. The van der Waals surface area contributed by atoms with E-state index in [0.29, 0.717) is 21.5 Å². The van der Waals surface area contributed by atoms with Crippen molar-refractivity contribution in [2.24, 2.45) is 0 Å². The summed E-state index contributed by atoms with van der Waals surface area (Å²) in [7, 11) is 3.03. The SMILES string of the molecule is COCOc1cc(OC)c(C=O)cc1Br. The van der Waals surface area contributed by atoms with E-state index in [9.17, 15) is 4.79 Å². The van der Waals surface area contributed by atoms with E-state index in [-0.39, 0.29) is 6.79 Å². The molecule has 0 amide bonds. The Labute approximate surface area is 96.3 Å². The highest BCUT2D eigenvalue weighted by atomic mass is 79.9. The lowest BCUT2D eigenvalue weighted by Crippen LogP contribution is -2.01. The van der Waals surface area contributed by atoms with Gasteiger partial charge in [-0.15, -0.1) is 0 Å². The summed E-state index contributed by atoms with van der Waals surface area (Å²) in [6.07, 6.45) is 0.726. The molecule has 1 aromatic carbocycles. The van der Waals surface area contributed by atoms with Gasteiger partial charge in [0.25, 0.3) is 0 Å². The third-order valence-corrected chi connectivity index (χ3v) is 2.36. The number of hydrogen-bond donors (Lipinski definition) is 0. The third kappa shape index (κ3) is 2.94. The molecule has 0 aliphatic rings. The van der Waals surface area contributed by atoms with Crippen LogP contribution >= 0.6 is 15.9 Å². The molecule has 0 aliphatic carbocycles. The molecule has 1 rings (SSSR count). The van der Waals surface area contributed by atoms with Crippen molar-refractivity contribution in [1.29, 1.82) is 0 Å². The first-order valence-electron chi connectivity index (χ1n) is 4.17. The Morgan fingerprint density at radius 2 is 2.07 bits per heavy atom. The van der Waals surface area contributed by atoms with E-state index in [4.69, 9.17) is 14.2 Å². The van der Waals surface area contributed by atoms with Crippen LogP contribution in [0.4, 0.5) is 0 Å². The van der Waals surface area contributed by atoms with Crippen LogP contribution in [0.5, 0.6) is 11.5 Å². The standard InChI is InChI=1S/C10H11BrO4/c1-13-6-15-10-4-9(14-2)7(5-12)3-8(10)11/h3-5H,6H2,1-2H3. The van der Waals surface area contributed by atoms with E-state index in [1.165, 1.54) is 14.2 Å². The van der Waals surface area contributed by atoms with Gasteiger partial charge in [0, 0.05) is 13.2 Å². The predicted octanol–water partition coefficient (Wildman–Crippen LogP) is 2.25. The van der Waals surface area contributed by atoms with Crippen molar-refractivity contribution in [2.75, 3.05) is 21.0 Å². The molecular formula is C10H11BrO4. The monoisotopic (exact) mass is 274 g/mol. The van der Waals surface area contributed by atoms with E-state index < -0.39 is 0 Å². The van der Waals surface area contributed by atoms with Crippen LogP contribution < -0.4 is 9.47 Å². The van der Waals surface area contributed by atoms with Crippen LogP contribution in [0.1, 0.15) is 10.4 Å². The molecule has 0 spiro atoms. The first kappa shape index (κ1) is 12.0. The first-order valence-corrected chi connectivity index (χ1v) is 4.96. The number of carbonyl (C=O) groups is 1. The normalized spacial score (nSPS) is 9.80. The summed E-state index contributed by atoms with van der Waals surface area (Å²) in [4.78, 5) is 10.7. The molecule has 0 unspecified atom stereocenters. The van der Waals surface area contributed by atoms with Crippen molar-refractivity contribution in [1.82, 2.24) is 0 Å². The van der Waals surface area contributed by atoms with Crippen LogP contribution in [0.3, 0.4) is 0 Å². The smallest absolute Gasteiger partial charge is 0.188 e. The van der Waals surface area contributed by atoms with Crippen LogP contribution in [-0.4, -0.2) is 27.3 Å². The molecule has 1 aromatic rings. The summed E-state index contributed by atoms with van der Waals surface area (Å²) < 4.78 is 15.8. The summed E-state index contributed by atoms with van der Waals surface area (Å²) in [5.41, 5.74) is 0.467. The van der Waals surface area contributed by atoms with Gasteiger partial charge in [0.15, 0.2) is 13.1 Å². The van der Waals surface area contributed by atoms with Gasteiger partial charge in [0.05, 0.1) is 17.1 Å². The molecule has 0 bridgehead atoms. The highest BCUT2D eigenvalue weighted by Gasteiger charge is 2.09. The van der Waals surface area contributed by atoms with Crippen LogP contribution in [0.15, 0.2) is 16.6 Å². The van der Waals surface area contributed by atoms with Gasteiger partial charge in [-0.2, -0.15) is 0 Å². The number of benzene rings is 1. The summed E-state index contributed by atoms with van der Waals surface area (Å²) in [6.45, 7) is 0.141. The van der Waals surface area contributed by atoms with E-state index >= 15 is 0 Å². The number of ether oxygens (including phenoxy) is 3.